The Morgan fingerprint density at radius 2 is 2.36 bits per heavy atom. The van der Waals surface area contributed by atoms with Gasteiger partial charge in [0.15, 0.2) is 5.82 Å². The van der Waals surface area contributed by atoms with Crippen molar-refractivity contribution in [2.45, 2.75) is 6.54 Å². The highest BCUT2D eigenvalue weighted by atomic mass is 16.6. The summed E-state index contributed by atoms with van der Waals surface area (Å²) in [5.41, 5.74) is 0. The molecule has 2 rings (SSSR count). The highest BCUT2D eigenvalue weighted by molar-refractivity contribution is 4.93. The number of nitrogens with one attached hydrogen (secondary N) is 1. The molecule has 0 aliphatic heterocycles. The van der Waals surface area contributed by atoms with Gasteiger partial charge in [-0.25, -0.2) is 0 Å². The summed E-state index contributed by atoms with van der Waals surface area (Å²) in [5, 5.41) is 33.0. The number of rotatable bonds is 3. The molecule has 0 bridgehead atoms. The van der Waals surface area contributed by atoms with E-state index in [1.807, 2.05) is 0 Å². The monoisotopic (exact) mass is 197 g/mol. The van der Waals surface area contributed by atoms with Crippen LogP contribution in [-0.2, 0) is 6.54 Å². The van der Waals surface area contributed by atoms with Crippen LogP contribution >= 0.6 is 0 Å². The van der Waals surface area contributed by atoms with E-state index in [1.165, 1.54) is 0 Å². The molecule has 0 saturated heterocycles. The third-order valence-corrected chi connectivity index (χ3v) is 1.28. The van der Waals surface area contributed by atoms with Crippen LogP contribution < -0.4 is 0 Å². The van der Waals surface area contributed by atoms with Crippen LogP contribution in [0.5, 0.6) is 0 Å². The quantitative estimate of drug-likeness (QED) is 0.446. The maximum Gasteiger partial charge on any atom is 0.514 e. The van der Waals surface area contributed by atoms with E-state index in [0.29, 0.717) is 5.82 Å². The zero-order valence-electron chi connectivity index (χ0n) is 6.60. The van der Waals surface area contributed by atoms with Crippen LogP contribution in [0.3, 0.4) is 0 Å². The molecule has 2 heterocycles. The van der Waals surface area contributed by atoms with Gasteiger partial charge >= 0.3 is 5.95 Å². The molecular weight excluding hydrogens is 194 g/mol. The molecule has 0 fully saturated rings. The Hall–Kier alpha value is -2.46. The van der Waals surface area contributed by atoms with E-state index in [1.54, 1.807) is 0 Å². The van der Waals surface area contributed by atoms with Gasteiger partial charge in [0, 0.05) is 5.21 Å². The summed E-state index contributed by atoms with van der Waals surface area (Å²) in [6.07, 6.45) is 0. The van der Waals surface area contributed by atoms with Crippen molar-refractivity contribution >= 4 is 5.95 Å². The molecule has 0 amide bonds. The Morgan fingerprint density at radius 1 is 1.50 bits per heavy atom. The molecule has 0 atom stereocenters. The Balaban J connectivity index is 2.14. The summed E-state index contributed by atoms with van der Waals surface area (Å²) < 4.78 is 0. The topological polar surface area (TPSA) is 141 Å². The van der Waals surface area contributed by atoms with Gasteiger partial charge in [0.25, 0.3) is 0 Å². The van der Waals surface area contributed by atoms with Crippen molar-refractivity contribution in [3.63, 3.8) is 0 Å². The van der Waals surface area contributed by atoms with E-state index in [0.717, 1.165) is 4.80 Å². The first kappa shape index (κ1) is 8.15. The third-order valence-electron chi connectivity index (χ3n) is 1.28. The fourth-order valence-electron chi connectivity index (χ4n) is 0.751. The summed E-state index contributed by atoms with van der Waals surface area (Å²) in [7, 11) is 0. The van der Waals surface area contributed by atoms with Crippen molar-refractivity contribution in [1.82, 2.24) is 40.8 Å². The van der Waals surface area contributed by atoms with Crippen molar-refractivity contribution in [2.75, 3.05) is 0 Å². The molecule has 0 aliphatic rings. The predicted molar refractivity (Wildman–Crippen MR) is 37.8 cm³/mol. The molecule has 0 spiro atoms. The van der Waals surface area contributed by atoms with Gasteiger partial charge in [0.2, 0.25) is 0 Å². The maximum atomic E-state index is 10.2. The number of nitrogens with zero attached hydrogens (tertiary/aromatic N) is 8. The van der Waals surface area contributed by atoms with Crippen LogP contribution in [-0.4, -0.2) is 45.8 Å². The van der Waals surface area contributed by atoms with Gasteiger partial charge in [-0.2, -0.15) is 5.21 Å². The molecule has 72 valence electrons. The lowest BCUT2D eigenvalue weighted by atomic mass is 10.6. The minimum absolute atomic E-state index is 0.0807. The minimum atomic E-state index is -0.736. The van der Waals surface area contributed by atoms with E-state index in [-0.39, 0.29) is 6.54 Å². The predicted octanol–water partition coefficient (Wildman–Crippen LogP) is -1.86. The number of hydrogen-bond acceptors (Lipinski definition) is 8. The van der Waals surface area contributed by atoms with Crippen LogP contribution in [0.25, 0.3) is 0 Å². The second kappa shape index (κ2) is 3.12. The van der Waals surface area contributed by atoms with Crippen molar-refractivity contribution in [3.8, 4) is 0 Å². The summed E-state index contributed by atoms with van der Waals surface area (Å²) in [6, 6.07) is 0. The third kappa shape index (κ3) is 1.50. The van der Waals surface area contributed by atoms with Crippen LogP contribution in [0.4, 0.5) is 5.95 Å². The molecule has 0 radical (unpaired) electrons. The fourth-order valence-corrected chi connectivity index (χ4v) is 0.751. The number of tetrazole rings is 2. The lowest BCUT2D eigenvalue weighted by molar-refractivity contribution is -0.394. The second-order valence-corrected chi connectivity index (χ2v) is 2.20. The molecule has 0 aliphatic carbocycles. The lowest BCUT2D eigenvalue weighted by Gasteiger charge is -1.85. The molecule has 2 aromatic heterocycles. The summed E-state index contributed by atoms with van der Waals surface area (Å²) >= 11 is 0. The van der Waals surface area contributed by atoms with E-state index in [9.17, 15) is 10.1 Å². The molecule has 2 aromatic rings. The second-order valence-electron chi connectivity index (χ2n) is 2.20. The van der Waals surface area contributed by atoms with Gasteiger partial charge in [-0.15, -0.1) is 10.2 Å². The average molecular weight is 197 g/mol. The average Bonchev–Trinajstić information content (AvgIpc) is 2.75. The molecule has 1 N–H and O–H groups in total. The SMILES string of the molecule is O=[N+]([O-])c1nnn(Cc2nn[nH]n2)n1. The van der Waals surface area contributed by atoms with E-state index >= 15 is 0 Å². The maximum absolute atomic E-state index is 10.2. The Bertz CT molecular complexity index is 431. The number of hydrogen-bond donors (Lipinski definition) is 1. The normalized spacial score (nSPS) is 10.3. The smallest absolute Gasteiger partial charge is 0.390 e. The van der Waals surface area contributed by atoms with E-state index in [2.05, 4.69) is 36.0 Å². The van der Waals surface area contributed by atoms with Crippen LogP contribution in [0.1, 0.15) is 5.82 Å². The highest BCUT2D eigenvalue weighted by Gasteiger charge is 2.16. The molecular formula is C3H3N9O2. The highest BCUT2D eigenvalue weighted by Crippen LogP contribution is 1.97. The number of aromatic nitrogens is 8. The van der Waals surface area contributed by atoms with Gasteiger partial charge in [-0.05, 0) is 4.92 Å². The van der Waals surface area contributed by atoms with Gasteiger partial charge in [-0.3, -0.25) is 0 Å². The zero-order valence-corrected chi connectivity index (χ0v) is 6.60. The number of nitro groups is 1. The first-order valence-corrected chi connectivity index (χ1v) is 3.40. The number of H-pyrrole nitrogens is 1. The summed E-state index contributed by atoms with van der Waals surface area (Å²) in [5.74, 6) is -0.245. The van der Waals surface area contributed by atoms with Gasteiger partial charge < -0.3 is 10.1 Å². The zero-order chi connectivity index (χ0) is 9.97. The van der Waals surface area contributed by atoms with Crippen LogP contribution in [0.2, 0.25) is 0 Å². The molecule has 11 nitrogen and oxygen atoms in total. The van der Waals surface area contributed by atoms with Gasteiger partial charge in [-0.1, -0.05) is 10.0 Å². The Labute approximate surface area is 75.3 Å². The van der Waals surface area contributed by atoms with Crippen molar-refractivity contribution in [2.24, 2.45) is 0 Å². The first-order valence-electron chi connectivity index (χ1n) is 3.40. The standard InChI is InChI=1S/C3H3N9O2/c13-12(14)3-6-10-11(7-3)1-2-4-8-9-5-2/h1H2,(H,4,5,8,9). The first-order chi connectivity index (χ1) is 6.75. The molecule has 0 aromatic carbocycles. The van der Waals surface area contributed by atoms with Crippen molar-refractivity contribution < 1.29 is 4.92 Å². The van der Waals surface area contributed by atoms with Gasteiger partial charge in [0.1, 0.15) is 6.54 Å². The summed E-state index contributed by atoms with van der Waals surface area (Å²) in [4.78, 5) is 10.5. The molecule has 0 saturated carbocycles. The Morgan fingerprint density at radius 3 is 2.93 bits per heavy atom. The van der Waals surface area contributed by atoms with E-state index < -0.39 is 10.9 Å². The van der Waals surface area contributed by atoms with Crippen LogP contribution in [0.15, 0.2) is 0 Å². The molecule has 11 heteroatoms. The van der Waals surface area contributed by atoms with Crippen molar-refractivity contribution in [3.05, 3.63) is 15.9 Å². The van der Waals surface area contributed by atoms with Gasteiger partial charge in [0.05, 0.1) is 10.2 Å². The van der Waals surface area contributed by atoms with Crippen LogP contribution in [0, 0.1) is 10.1 Å². The van der Waals surface area contributed by atoms with E-state index in [4.69, 9.17) is 0 Å². The fraction of sp³-hybridized carbons (Fsp3) is 0.333. The Kier molecular flexibility index (Phi) is 1.82. The summed E-state index contributed by atoms with van der Waals surface area (Å²) in [6.45, 7) is 0.0807. The molecule has 0 unspecified atom stereocenters. The van der Waals surface area contributed by atoms with Crippen molar-refractivity contribution in [1.29, 1.82) is 0 Å². The number of aromatic amines is 1. The molecule has 14 heavy (non-hydrogen) atoms. The minimum Gasteiger partial charge on any atom is -0.390 e. The largest absolute Gasteiger partial charge is 0.514 e. The lowest BCUT2D eigenvalue weighted by Crippen LogP contribution is -2.05.